The van der Waals surface area contributed by atoms with Crippen molar-refractivity contribution in [3.8, 4) is 0 Å². The van der Waals surface area contributed by atoms with Crippen LogP contribution in [0.25, 0.3) is 10.8 Å². The van der Waals surface area contributed by atoms with Gasteiger partial charge in [-0.2, -0.15) is 0 Å². The monoisotopic (exact) mass is 170 g/mol. The van der Waals surface area contributed by atoms with Crippen LogP contribution in [0.3, 0.4) is 0 Å². The molecule has 13 heavy (non-hydrogen) atoms. The van der Waals surface area contributed by atoms with E-state index < -0.39 is 0 Å². The SMILES string of the molecule is [N]=NNc1ccc2ccccc2c1. The molecule has 0 aliphatic rings. The molecule has 1 radical (unpaired) electrons. The zero-order chi connectivity index (χ0) is 9.10. The van der Waals surface area contributed by atoms with Gasteiger partial charge >= 0.3 is 0 Å². The van der Waals surface area contributed by atoms with Gasteiger partial charge in [0.1, 0.15) is 0 Å². The van der Waals surface area contributed by atoms with Gasteiger partial charge in [-0.15, -0.1) is 0 Å². The van der Waals surface area contributed by atoms with Gasteiger partial charge in [-0.1, -0.05) is 30.3 Å². The molecule has 0 saturated carbocycles. The molecule has 0 aliphatic carbocycles. The second-order valence-electron chi connectivity index (χ2n) is 2.77. The van der Waals surface area contributed by atoms with Crippen LogP contribution in [-0.4, -0.2) is 0 Å². The second-order valence-corrected chi connectivity index (χ2v) is 2.77. The third-order valence-electron chi connectivity index (χ3n) is 1.93. The summed E-state index contributed by atoms with van der Waals surface area (Å²) in [6.45, 7) is 0. The van der Waals surface area contributed by atoms with Crippen molar-refractivity contribution in [2.75, 3.05) is 5.43 Å². The Labute approximate surface area is 75.9 Å². The van der Waals surface area contributed by atoms with Crippen LogP contribution in [0.15, 0.2) is 47.7 Å². The summed E-state index contributed by atoms with van der Waals surface area (Å²) >= 11 is 0. The Balaban J connectivity index is 2.55. The van der Waals surface area contributed by atoms with Crippen LogP contribution in [-0.2, 0) is 0 Å². The zero-order valence-corrected chi connectivity index (χ0v) is 6.94. The average molecular weight is 170 g/mol. The lowest BCUT2D eigenvalue weighted by Gasteiger charge is -2.00. The minimum absolute atomic E-state index is 0.779. The highest BCUT2D eigenvalue weighted by Gasteiger charge is 1.93. The predicted octanol–water partition coefficient (Wildman–Crippen LogP) is 2.42. The molecule has 2 aromatic rings. The van der Waals surface area contributed by atoms with E-state index in [4.69, 9.17) is 5.53 Å². The van der Waals surface area contributed by atoms with Gasteiger partial charge in [-0.25, -0.2) is 0 Å². The van der Waals surface area contributed by atoms with Crippen LogP contribution < -0.4 is 11.0 Å². The molecule has 3 nitrogen and oxygen atoms in total. The third kappa shape index (κ3) is 1.49. The van der Waals surface area contributed by atoms with E-state index in [1.807, 2.05) is 42.5 Å². The van der Waals surface area contributed by atoms with E-state index in [0.717, 1.165) is 11.1 Å². The number of rotatable bonds is 2. The number of anilines is 1. The van der Waals surface area contributed by atoms with Crippen molar-refractivity contribution >= 4 is 16.5 Å². The lowest BCUT2D eigenvalue weighted by Crippen LogP contribution is -1.85. The molecular formula is C10H8N3. The molecule has 0 fully saturated rings. The van der Waals surface area contributed by atoms with Crippen molar-refractivity contribution in [3.05, 3.63) is 42.5 Å². The van der Waals surface area contributed by atoms with Crippen molar-refractivity contribution in [2.24, 2.45) is 5.22 Å². The van der Waals surface area contributed by atoms with Crippen LogP contribution in [0.2, 0.25) is 0 Å². The molecule has 1 N–H and O–H groups in total. The van der Waals surface area contributed by atoms with E-state index in [1.54, 1.807) is 0 Å². The topological polar surface area (TPSA) is 46.7 Å². The molecule has 0 bridgehead atoms. The van der Waals surface area contributed by atoms with E-state index in [-0.39, 0.29) is 0 Å². The minimum Gasteiger partial charge on any atom is -0.258 e. The summed E-state index contributed by atoms with van der Waals surface area (Å²) in [4.78, 5) is 0. The van der Waals surface area contributed by atoms with E-state index in [9.17, 15) is 0 Å². The molecule has 0 amide bonds. The predicted molar refractivity (Wildman–Crippen MR) is 52.1 cm³/mol. The number of fused-ring (bicyclic) bond motifs is 1. The first-order valence-corrected chi connectivity index (χ1v) is 3.99. The number of hydrogen-bond acceptors (Lipinski definition) is 1. The van der Waals surface area contributed by atoms with Crippen LogP contribution in [0.1, 0.15) is 0 Å². The Morgan fingerprint density at radius 2 is 1.77 bits per heavy atom. The standard InChI is InChI=1S/C10H8N3/c11-13-12-10-6-5-8-3-1-2-4-9(8)7-10/h1-7,12H. The Morgan fingerprint density at radius 3 is 2.54 bits per heavy atom. The molecule has 0 spiro atoms. The van der Waals surface area contributed by atoms with Gasteiger partial charge in [-0.3, -0.25) is 5.43 Å². The van der Waals surface area contributed by atoms with Crippen molar-refractivity contribution in [1.29, 1.82) is 0 Å². The third-order valence-corrected chi connectivity index (χ3v) is 1.93. The molecule has 0 heterocycles. The maximum absolute atomic E-state index is 8.31. The van der Waals surface area contributed by atoms with Crippen molar-refractivity contribution in [3.63, 3.8) is 0 Å². The summed E-state index contributed by atoms with van der Waals surface area (Å²) in [6.07, 6.45) is 0. The highest BCUT2D eigenvalue weighted by atomic mass is 15.4. The molecule has 63 valence electrons. The number of hydrogen-bond donors (Lipinski definition) is 1. The minimum atomic E-state index is 0.779. The molecule has 2 rings (SSSR count). The average Bonchev–Trinajstić information content (AvgIpc) is 2.18. The van der Waals surface area contributed by atoms with E-state index in [2.05, 4.69) is 10.6 Å². The number of nitrogens with zero attached hydrogens (tertiary/aromatic N) is 2. The van der Waals surface area contributed by atoms with Crippen LogP contribution in [0.5, 0.6) is 0 Å². The van der Waals surface area contributed by atoms with Crippen LogP contribution in [0, 0.1) is 0 Å². The first-order chi connectivity index (χ1) is 6.40. The van der Waals surface area contributed by atoms with Crippen LogP contribution in [0.4, 0.5) is 5.69 Å². The Hall–Kier alpha value is -1.90. The van der Waals surface area contributed by atoms with Crippen molar-refractivity contribution in [1.82, 2.24) is 5.53 Å². The fourth-order valence-corrected chi connectivity index (χ4v) is 1.32. The normalized spacial score (nSPS) is 9.85. The summed E-state index contributed by atoms with van der Waals surface area (Å²) in [5.41, 5.74) is 11.6. The van der Waals surface area contributed by atoms with E-state index in [1.165, 1.54) is 5.39 Å². The van der Waals surface area contributed by atoms with Gasteiger partial charge in [0, 0.05) is 0 Å². The fourth-order valence-electron chi connectivity index (χ4n) is 1.32. The molecule has 2 aromatic carbocycles. The number of benzene rings is 2. The summed E-state index contributed by atoms with van der Waals surface area (Å²) in [6, 6.07) is 13.8. The van der Waals surface area contributed by atoms with Gasteiger partial charge in [0.25, 0.3) is 0 Å². The molecule has 0 aliphatic heterocycles. The summed E-state index contributed by atoms with van der Waals surface area (Å²) in [5, 5.41) is 5.16. The van der Waals surface area contributed by atoms with Crippen LogP contribution >= 0.6 is 0 Å². The smallest absolute Gasteiger partial charge is 0.0585 e. The first-order valence-electron chi connectivity index (χ1n) is 3.99. The maximum atomic E-state index is 8.31. The zero-order valence-electron chi connectivity index (χ0n) is 6.94. The molecule has 3 heteroatoms. The fraction of sp³-hybridized carbons (Fsp3) is 0. The Bertz CT molecular complexity index is 437. The summed E-state index contributed by atoms with van der Waals surface area (Å²) < 4.78 is 0. The van der Waals surface area contributed by atoms with E-state index in [0.29, 0.717) is 0 Å². The lowest BCUT2D eigenvalue weighted by molar-refractivity contribution is 1.17. The highest BCUT2D eigenvalue weighted by Crippen LogP contribution is 2.18. The first kappa shape index (κ1) is 7.73. The summed E-state index contributed by atoms with van der Waals surface area (Å²) in [5.74, 6) is 0. The Morgan fingerprint density at radius 1 is 1.00 bits per heavy atom. The van der Waals surface area contributed by atoms with Gasteiger partial charge in [0.2, 0.25) is 0 Å². The van der Waals surface area contributed by atoms with Gasteiger partial charge in [0.15, 0.2) is 0 Å². The molecular weight excluding hydrogens is 162 g/mol. The van der Waals surface area contributed by atoms with Gasteiger partial charge in [-0.05, 0) is 33.7 Å². The van der Waals surface area contributed by atoms with Crippen molar-refractivity contribution < 1.29 is 0 Å². The van der Waals surface area contributed by atoms with Gasteiger partial charge < -0.3 is 0 Å². The highest BCUT2D eigenvalue weighted by molar-refractivity contribution is 5.85. The molecule has 0 saturated heterocycles. The maximum Gasteiger partial charge on any atom is 0.0585 e. The van der Waals surface area contributed by atoms with Crippen molar-refractivity contribution in [2.45, 2.75) is 0 Å². The number of nitrogens with one attached hydrogen (secondary N) is 1. The second kappa shape index (κ2) is 3.23. The Kier molecular flexibility index (Phi) is 1.92. The largest absolute Gasteiger partial charge is 0.258 e. The quantitative estimate of drug-likeness (QED) is 0.546. The van der Waals surface area contributed by atoms with Gasteiger partial charge in [0.05, 0.1) is 5.69 Å². The molecule has 0 atom stereocenters. The molecule has 0 unspecified atom stereocenters. The molecule has 0 aromatic heterocycles. The van der Waals surface area contributed by atoms with E-state index >= 15 is 0 Å². The lowest BCUT2D eigenvalue weighted by atomic mass is 10.1. The summed E-state index contributed by atoms with van der Waals surface area (Å²) in [7, 11) is 0.